The molecule has 18 heavy (non-hydrogen) atoms. The summed E-state index contributed by atoms with van der Waals surface area (Å²) in [5, 5.41) is 0.644. The fraction of sp³-hybridized carbons (Fsp3) is 0.188. The number of benzene rings is 2. The second-order valence-electron chi connectivity index (χ2n) is 4.49. The minimum Gasteiger partial charge on any atom is -0.294 e. The van der Waals surface area contributed by atoms with Crippen LogP contribution in [-0.2, 0) is 6.42 Å². The van der Waals surface area contributed by atoms with Gasteiger partial charge in [0.15, 0.2) is 5.78 Å². The van der Waals surface area contributed by atoms with Gasteiger partial charge >= 0.3 is 0 Å². The fourth-order valence-electron chi connectivity index (χ4n) is 1.85. The molecule has 0 atom stereocenters. The molecule has 0 amide bonds. The van der Waals surface area contributed by atoms with Gasteiger partial charge in [0.1, 0.15) is 0 Å². The van der Waals surface area contributed by atoms with E-state index in [1.165, 1.54) is 0 Å². The molecule has 1 nitrogen and oxygen atoms in total. The van der Waals surface area contributed by atoms with E-state index in [0.29, 0.717) is 17.0 Å². The van der Waals surface area contributed by atoms with Crippen LogP contribution >= 0.6 is 11.6 Å². The molecule has 0 radical (unpaired) electrons. The number of Topliss-reactive ketones (excluding diaryl/α,β-unsaturated/α-hetero) is 1. The minimum absolute atomic E-state index is 0.103. The number of halogens is 1. The van der Waals surface area contributed by atoms with Gasteiger partial charge < -0.3 is 0 Å². The number of ketones is 1. The summed E-state index contributed by atoms with van der Waals surface area (Å²) in [6, 6.07) is 13.4. The van der Waals surface area contributed by atoms with Crippen molar-refractivity contribution in [1.82, 2.24) is 0 Å². The molecule has 2 heteroatoms. The van der Waals surface area contributed by atoms with Crippen LogP contribution in [0.1, 0.15) is 27.0 Å². The molecule has 2 aromatic rings. The highest BCUT2D eigenvalue weighted by atomic mass is 35.5. The van der Waals surface area contributed by atoms with E-state index in [4.69, 9.17) is 11.6 Å². The summed E-state index contributed by atoms with van der Waals surface area (Å²) in [5.41, 5.74) is 3.88. The van der Waals surface area contributed by atoms with Crippen molar-refractivity contribution in [3.05, 3.63) is 69.7 Å². The molecular weight excluding hydrogens is 244 g/mol. The predicted octanol–water partition coefficient (Wildman–Crippen LogP) is 4.38. The summed E-state index contributed by atoms with van der Waals surface area (Å²) in [4.78, 5) is 12.2. The van der Waals surface area contributed by atoms with Crippen LogP contribution in [-0.4, -0.2) is 5.78 Å². The summed E-state index contributed by atoms with van der Waals surface area (Å²) < 4.78 is 0. The molecule has 0 aromatic heterocycles. The molecule has 0 aliphatic carbocycles. The third kappa shape index (κ3) is 2.80. The summed E-state index contributed by atoms with van der Waals surface area (Å²) in [5.74, 6) is 0.103. The molecule has 0 heterocycles. The molecule has 0 saturated heterocycles. The summed E-state index contributed by atoms with van der Waals surface area (Å²) >= 11 is 6.04. The molecule has 0 fully saturated rings. The highest BCUT2D eigenvalue weighted by Crippen LogP contribution is 2.18. The van der Waals surface area contributed by atoms with Crippen molar-refractivity contribution in [1.29, 1.82) is 0 Å². The minimum atomic E-state index is 0.103. The standard InChI is InChI=1S/C16H15ClO/c1-11-5-3-4-6-13(11)10-16(18)14-8-7-12(2)15(17)9-14/h3-9H,10H2,1-2H3. The van der Waals surface area contributed by atoms with Crippen LogP contribution < -0.4 is 0 Å². The number of carbonyl (C=O) groups excluding carboxylic acids is 1. The average molecular weight is 259 g/mol. The number of hydrogen-bond acceptors (Lipinski definition) is 1. The number of hydrogen-bond donors (Lipinski definition) is 0. The molecule has 92 valence electrons. The van der Waals surface area contributed by atoms with Crippen molar-refractivity contribution in [3.8, 4) is 0 Å². The predicted molar refractivity (Wildman–Crippen MR) is 75.4 cm³/mol. The first-order valence-corrected chi connectivity index (χ1v) is 6.29. The topological polar surface area (TPSA) is 17.1 Å². The Kier molecular flexibility index (Phi) is 3.83. The normalized spacial score (nSPS) is 10.4. The second-order valence-corrected chi connectivity index (χ2v) is 4.90. The molecule has 0 unspecified atom stereocenters. The fourth-order valence-corrected chi connectivity index (χ4v) is 2.03. The number of rotatable bonds is 3. The third-order valence-electron chi connectivity index (χ3n) is 3.11. The lowest BCUT2D eigenvalue weighted by atomic mass is 9.99. The maximum atomic E-state index is 12.2. The Hall–Kier alpha value is -1.60. The maximum absolute atomic E-state index is 12.2. The van der Waals surface area contributed by atoms with Crippen LogP contribution in [0.4, 0.5) is 0 Å². The van der Waals surface area contributed by atoms with Crippen LogP contribution in [0.3, 0.4) is 0 Å². The van der Waals surface area contributed by atoms with Crippen molar-refractivity contribution in [3.63, 3.8) is 0 Å². The van der Waals surface area contributed by atoms with Crippen LogP contribution in [0.15, 0.2) is 42.5 Å². The zero-order valence-electron chi connectivity index (χ0n) is 10.5. The van der Waals surface area contributed by atoms with Gasteiger partial charge in [-0.2, -0.15) is 0 Å². The average Bonchev–Trinajstić information content (AvgIpc) is 2.35. The van der Waals surface area contributed by atoms with Gasteiger partial charge in [0, 0.05) is 17.0 Å². The smallest absolute Gasteiger partial charge is 0.167 e. The van der Waals surface area contributed by atoms with Crippen molar-refractivity contribution in [2.45, 2.75) is 20.3 Å². The van der Waals surface area contributed by atoms with Crippen molar-refractivity contribution < 1.29 is 4.79 Å². The monoisotopic (exact) mass is 258 g/mol. The Labute approximate surface area is 112 Å². The lowest BCUT2D eigenvalue weighted by Gasteiger charge is -2.06. The van der Waals surface area contributed by atoms with Crippen molar-refractivity contribution in [2.75, 3.05) is 0 Å². The molecule has 0 bridgehead atoms. The van der Waals surface area contributed by atoms with Crippen molar-refractivity contribution in [2.24, 2.45) is 0 Å². The Morgan fingerprint density at radius 2 is 1.78 bits per heavy atom. The third-order valence-corrected chi connectivity index (χ3v) is 3.51. The molecule has 0 aliphatic heterocycles. The van der Waals surface area contributed by atoms with Crippen molar-refractivity contribution >= 4 is 17.4 Å². The van der Waals surface area contributed by atoms with E-state index >= 15 is 0 Å². The van der Waals surface area contributed by atoms with E-state index in [9.17, 15) is 4.79 Å². The first kappa shape index (κ1) is 12.8. The van der Waals surface area contributed by atoms with Crippen LogP contribution in [0.2, 0.25) is 5.02 Å². The zero-order chi connectivity index (χ0) is 13.1. The van der Waals surface area contributed by atoms with Gasteiger partial charge in [-0.05, 0) is 36.6 Å². The Balaban J connectivity index is 2.22. The Morgan fingerprint density at radius 3 is 2.44 bits per heavy atom. The van der Waals surface area contributed by atoms with E-state index < -0.39 is 0 Å². The van der Waals surface area contributed by atoms with Gasteiger partial charge in [-0.3, -0.25) is 4.79 Å². The zero-order valence-corrected chi connectivity index (χ0v) is 11.3. The maximum Gasteiger partial charge on any atom is 0.167 e. The number of carbonyl (C=O) groups is 1. The Morgan fingerprint density at radius 1 is 1.06 bits per heavy atom. The second kappa shape index (κ2) is 5.36. The van der Waals surface area contributed by atoms with E-state index in [1.54, 1.807) is 6.07 Å². The molecule has 0 N–H and O–H groups in total. The van der Waals surface area contributed by atoms with E-state index in [2.05, 4.69) is 0 Å². The van der Waals surface area contributed by atoms with Gasteiger partial charge in [-0.25, -0.2) is 0 Å². The quantitative estimate of drug-likeness (QED) is 0.747. The molecule has 2 rings (SSSR count). The summed E-state index contributed by atoms with van der Waals surface area (Å²) in [6.45, 7) is 3.95. The van der Waals surface area contributed by atoms with Gasteiger partial charge in [-0.1, -0.05) is 48.0 Å². The molecule has 0 aliphatic rings. The van der Waals surface area contributed by atoms with Gasteiger partial charge in [-0.15, -0.1) is 0 Å². The van der Waals surface area contributed by atoms with Crippen LogP contribution in [0.5, 0.6) is 0 Å². The molecule has 2 aromatic carbocycles. The van der Waals surface area contributed by atoms with E-state index in [-0.39, 0.29) is 5.78 Å². The largest absolute Gasteiger partial charge is 0.294 e. The lowest BCUT2D eigenvalue weighted by molar-refractivity contribution is 0.0993. The van der Waals surface area contributed by atoms with E-state index in [1.807, 2.05) is 50.2 Å². The molecular formula is C16H15ClO. The molecule has 0 saturated carbocycles. The van der Waals surface area contributed by atoms with Gasteiger partial charge in [0.2, 0.25) is 0 Å². The lowest BCUT2D eigenvalue weighted by Crippen LogP contribution is -2.05. The first-order valence-electron chi connectivity index (χ1n) is 5.92. The van der Waals surface area contributed by atoms with Crippen LogP contribution in [0.25, 0.3) is 0 Å². The SMILES string of the molecule is Cc1ccc(C(=O)Cc2ccccc2C)cc1Cl. The summed E-state index contributed by atoms with van der Waals surface area (Å²) in [7, 11) is 0. The van der Waals surface area contributed by atoms with Gasteiger partial charge in [0.05, 0.1) is 0 Å². The van der Waals surface area contributed by atoms with E-state index in [0.717, 1.165) is 16.7 Å². The van der Waals surface area contributed by atoms with Gasteiger partial charge in [0.25, 0.3) is 0 Å². The number of aryl methyl sites for hydroxylation is 2. The van der Waals surface area contributed by atoms with Crippen LogP contribution in [0, 0.1) is 13.8 Å². The highest BCUT2D eigenvalue weighted by molar-refractivity contribution is 6.31. The summed E-state index contributed by atoms with van der Waals surface area (Å²) in [6.07, 6.45) is 0.423. The Bertz CT molecular complexity index is 587. The first-order chi connectivity index (χ1) is 8.58. The highest BCUT2D eigenvalue weighted by Gasteiger charge is 2.09. The molecule has 0 spiro atoms.